The summed E-state index contributed by atoms with van der Waals surface area (Å²) in [4.78, 5) is 4.00. The van der Waals surface area contributed by atoms with Crippen LogP contribution in [0.5, 0.6) is 0 Å². The maximum Gasteiger partial charge on any atom is 0.240 e. The Morgan fingerprint density at radius 3 is 2.18 bits per heavy atom. The van der Waals surface area contributed by atoms with Crippen LogP contribution in [0.2, 0.25) is 0 Å². The van der Waals surface area contributed by atoms with Gasteiger partial charge in [0.05, 0.1) is 10.6 Å². The van der Waals surface area contributed by atoms with Crippen molar-refractivity contribution in [2.24, 2.45) is 16.5 Å². The molecule has 0 saturated carbocycles. The smallest absolute Gasteiger partial charge is 0.240 e. The van der Waals surface area contributed by atoms with Crippen LogP contribution in [0.3, 0.4) is 0 Å². The Morgan fingerprint density at radius 2 is 1.64 bits per heavy atom. The van der Waals surface area contributed by atoms with Crippen molar-refractivity contribution in [1.82, 2.24) is 4.72 Å². The van der Waals surface area contributed by atoms with Crippen LogP contribution in [0.15, 0.2) is 58.4 Å². The number of nitrogens with zero attached hydrogens (tertiary/aromatic N) is 1. The Labute approximate surface area is 129 Å². The van der Waals surface area contributed by atoms with Crippen molar-refractivity contribution >= 4 is 21.7 Å². The summed E-state index contributed by atoms with van der Waals surface area (Å²) in [6.07, 6.45) is 0. The number of aryl methyl sites for hydroxylation is 1. The summed E-state index contributed by atoms with van der Waals surface area (Å²) >= 11 is 0. The van der Waals surface area contributed by atoms with Crippen molar-refractivity contribution < 1.29 is 8.42 Å². The predicted octanol–water partition coefficient (Wildman–Crippen LogP) is 1.38. The van der Waals surface area contributed by atoms with Gasteiger partial charge in [0.2, 0.25) is 10.0 Å². The minimum absolute atomic E-state index is 0.0758. The zero-order chi connectivity index (χ0) is 16.2. The fourth-order valence-corrected chi connectivity index (χ4v) is 2.83. The number of nitrogens with two attached hydrogens (primary N) is 2. The van der Waals surface area contributed by atoms with Crippen molar-refractivity contribution in [2.45, 2.75) is 18.4 Å². The summed E-state index contributed by atoms with van der Waals surface area (Å²) in [5.74, 6) is -0.0758. The highest BCUT2D eigenvalue weighted by atomic mass is 32.2. The lowest BCUT2D eigenvalue weighted by Gasteiger charge is -2.07. The molecule has 2 rings (SSSR count). The first-order valence-corrected chi connectivity index (χ1v) is 8.10. The summed E-state index contributed by atoms with van der Waals surface area (Å²) in [6.45, 7) is 2.21. The quantitative estimate of drug-likeness (QED) is 0.571. The van der Waals surface area contributed by atoms with Gasteiger partial charge in [0.25, 0.3) is 0 Å². The normalized spacial score (nSPS) is 11.1. The minimum atomic E-state index is -3.57. The Morgan fingerprint density at radius 1 is 1.05 bits per heavy atom. The molecule has 7 heteroatoms. The molecule has 2 aromatic carbocycles. The standard InChI is InChI=1S/C15H18N4O2S/c1-11-2-4-12(5-3-11)10-18-22(20,21)14-8-6-13(7-9-14)19-15(16)17/h2-9,18H,10H2,1H3,(H4,16,17,19). The molecule has 0 spiro atoms. The predicted molar refractivity (Wildman–Crippen MR) is 87.1 cm³/mol. The fourth-order valence-electron chi connectivity index (χ4n) is 1.82. The largest absolute Gasteiger partial charge is 0.370 e. The zero-order valence-corrected chi connectivity index (χ0v) is 13.0. The number of rotatable bonds is 5. The molecule has 0 saturated heterocycles. The van der Waals surface area contributed by atoms with Gasteiger partial charge in [-0.3, -0.25) is 0 Å². The molecule has 116 valence electrons. The van der Waals surface area contributed by atoms with Gasteiger partial charge in [0.15, 0.2) is 5.96 Å². The van der Waals surface area contributed by atoms with E-state index in [2.05, 4.69) is 9.71 Å². The molecule has 0 heterocycles. The van der Waals surface area contributed by atoms with Gasteiger partial charge in [-0.25, -0.2) is 18.1 Å². The van der Waals surface area contributed by atoms with E-state index in [1.165, 1.54) is 12.1 Å². The number of aliphatic imine (C=N–C) groups is 1. The molecule has 0 fully saturated rings. The average Bonchev–Trinajstić information content (AvgIpc) is 2.47. The monoisotopic (exact) mass is 318 g/mol. The Bertz CT molecular complexity index is 762. The number of hydrogen-bond acceptors (Lipinski definition) is 3. The lowest BCUT2D eigenvalue weighted by molar-refractivity contribution is 0.581. The highest BCUT2D eigenvalue weighted by molar-refractivity contribution is 7.89. The summed E-state index contributed by atoms with van der Waals surface area (Å²) in [5, 5.41) is 0. The number of nitrogens with one attached hydrogen (secondary N) is 1. The number of hydrogen-bond donors (Lipinski definition) is 3. The molecule has 6 nitrogen and oxygen atoms in total. The summed E-state index contributed by atoms with van der Waals surface area (Å²) in [7, 11) is -3.57. The molecule has 22 heavy (non-hydrogen) atoms. The van der Waals surface area contributed by atoms with E-state index in [1.807, 2.05) is 31.2 Å². The Kier molecular flexibility index (Phi) is 4.79. The van der Waals surface area contributed by atoms with Crippen molar-refractivity contribution in [3.63, 3.8) is 0 Å². The van der Waals surface area contributed by atoms with Crippen LogP contribution in [0, 0.1) is 6.92 Å². The molecule has 0 aliphatic rings. The molecular weight excluding hydrogens is 300 g/mol. The maximum atomic E-state index is 12.2. The molecule has 2 aromatic rings. The molecule has 0 unspecified atom stereocenters. The molecule has 0 atom stereocenters. The van der Waals surface area contributed by atoms with E-state index in [-0.39, 0.29) is 17.4 Å². The van der Waals surface area contributed by atoms with E-state index in [9.17, 15) is 8.42 Å². The molecule has 0 bridgehead atoms. The molecule has 0 amide bonds. The highest BCUT2D eigenvalue weighted by Gasteiger charge is 2.13. The van der Waals surface area contributed by atoms with E-state index in [0.717, 1.165) is 11.1 Å². The highest BCUT2D eigenvalue weighted by Crippen LogP contribution is 2.16. The molecule has 0 radical (unpaired) electrons. The molecule has 0 aliphatic heterocycles. The van der Waals surface area contributed by atoms with Crippen LogP contribution >= 0.6 is 0 Å². The Hall–Kier alpha value is -2.38. The summed E-state index contributed by atoms with van der Waals surface area (Å²) < 4.78 is 27.0. The minimum Gasteiger partial charge on any atom is -0.370 e. The third-order valence-corrected chi connectivity index (χ3v) is 4.41. The van der Waals surface area contributed by atoms with Gasteiger partial charge in [0, 0.05) is 6.54 Å². The van der Waals surface area contributed by atoms with Crippen LogP contribution in [0.4, 0.5) is 5.69 Å². The van der Waals surface area contributed by atoms with E-state index >= 15 is 0 Å². The van der Waals surface area contributed by atoms with Crippen LogP contribution < -0.4 is 16.2 Å². The van der Waals surface area contributed by atoms with Gasteiger partial charge in [-0.05, 0) is 36.8 Å². The van der Waals surface area contributed by atoms with Crippen molar-refractivity contribution in [2.75, 3.05) is 0 Å². The van der Waals surface area contributed by atoms with Gasteiger partial charge in [0.1, 0.15) is 0 Å². The van der Waals surface area contributed by atoms with Gasteiger partial charge < -0.3 is 11.5 Å². The number of guanidine groups is 1. The fraction of sp³-hybridized carbons (Fsp3) is 0.133. The zero-order valence-electron chi connectivity index (χ0n) is 12.2. The summed E-state index contributed by atoms with van der Waals surface area (Å²) in [5.41, 5.74) is 13.1. The Balaban J connectivity index is 2.09. The second-order valence-corrected chi connectivity index (χ2v) is 6.61. The molecule has 0 aliphatic carbocycles. The first-order valence-electron chi connectivity index (χ1n) is 6.62. The van der Waals surface area contributed by atoms with Gasteiger partial charge in [-0.2, -0.15) is 0 Å². The first kappa shape index (κ1) is 16.0. The van der Waals surface area contributed by atoms with Crippen molar-refractivity contribution in [3.05, 3.63) is 59.7 Å². The van der Waals surface area contributed by atoms with Crippen LogP contribution in [-0.4, -0.2) is 14.4 Å². The summed E-state index contributed by atoms with van der Waals surface area (Å²) in [6, 6.07) is 13.7. The van der Waals surface area contributed by atoms with E-state index in [1.54, 1.807) is 12.1 Å². The lowest BCUT2D eigenvalue weighted by Crippen LogP contribution is -2.23. The molecular formula is C15H18N4O2S. The van der Waals surface area contributed by atoms with Crippen LogP contribution in [-0.2, 0) is 16.6 Å². The lowest BCUT2D eigenvalue weighted by atomic mass is 10.2. The van der Waals surface area contributed by atoms with Crippen LogP contribution in [0.1, 0.15) is 11.1 Å². The second kappa shape index (κ2) is 6.59. The van der Waals surface area contributed by atoms with Crippen molar-refractivity contribution in [3.8, 4) is 0 Å². The number of sulfonamides is 1. The van der Waals surface area contributed by atoms with Gasteiger partial charge >= 0.3 is 0 Å². The SMILES string of the molecule is Cc1ccc(CNS(=O)(=O)c2ccc(N=C(N)N)cc2)cc1. The maximum absolute atomic E-state index is 12.2. The molecule has 0 aromatic heterocycles. The third kappa shape index (κ3) is 4.31. The van der Waals surface area contributed by atoms with Gasteiger partial charge in [-0.15, -0.1) is 0 Å². The second-order valence-electron chi connectivity index (χ2n) is 4.84. The number of benzene rings is 2. The van der Waals surface area contributed by atoms with Crippen molar-refractivity contribution in [1.29, 1.82) is 0 Å². The van der Waals surface area contributed by atoms with E-state index in [4.69, 9.17) is 11.5 Å². The topological polar surface area (TPSA) is 111 Å². The third-order valence-electron chi connectivity index (χ3n) is 2.99. The van der Waals surface area contributed by atoms with E-state index in [0.29, 0.717) is 5.69 Å². The first-order chi connectivity index (χ1) is 10.4. The van der Waals surface area contributed by atoms with Gasteiger partial charge in [-0.1, -0.05) is 29.8 Å². The molecule has 5 N–H and O–H groups in total. The average molecular weight is 318 g/mol. The van der Waals surface area contributed by atoms with E-state index < -0.39 is 10.0 Å². The van der Waals surface area contributed by atoms with Crippen LogP contribution in [0.25, 0.3) is 0 Å².